The van der Waals surface area contributed by atoms with E-state index in [2.05, 4.69) is 5.16 Å². The molecule has 0 bridgehead atoms. The van der Waals surface area contributed by atoms with Crippen LogP contribution in [-0.2, 0) is 16.2 Å². The first-order valence-corrected chi connectivity index (χ1v) is 10.4. The van der Waals surface area contributed by atoms with Crippen molar-refractivity contribution in [2.75, 3.05) is 6.54 Å². The molecule has 2 aromatic rings. The molecule has 1 amide bonds. The van der Waals surface area contributed by atoms with Crippen LogP contribution in [0.4, 0.5) is 8.78 Å². The first-order valence-electron chi connectivity index (χ1n) is 9.62. The summed E-state index contributed by atoms with van der Waals surface area (Å²) < 4.78 is 27.4. The van der Waals surface area contributed by atoms with Gasteiger partial charge < -0.3 is 9.74 Å². The predicted octanol–water partition coefficient (Wildman–Crippen LogP) is 5.84. The monoisotopic (exact) mass is 454 g/mol. The lowest BCUT2D eigenvalue weighted by atomic mass is 10.0. The summed E-state index contributed by atoms with van der Waals surface area (Å²) in [5, 5.41) is 4.99. The Morgan fingerprint density at radius 3 is 2.63 bits per heavy atom. The molecule has 4 nitrogen and oxygen atoms in total. The number of amides is 1. The number of halogens is 4. The van der Waals surface area contributed by atoms with Gasteiger partial charge in [0.2, 0.25) is 5.91 Å². The molecule has 8 heteroatoms. The van der Waals surface area contributed by atoms with E-state index in [0.717, 1.165) is 11.6 Å². The van der Waals surface area contributed by atoms with Crippen LogP contribution >= 0.6 is 23.2 Å². The zero-order chi connectivity index (χ0) is 21.8. The van der Waals surface area contributed by atoms with Gasteiger partial charge in [0.1, 0.15) is 11.6 Å². The highest BCUT2D eigenvalue weighted by Gasteiger charge is 2.28. The number of hydrogen-bond acceptors (Lipinski definition) is 3. The van der Waals surface area contributed by atoms with Gasteiger partial charge in [0.25, 0.3) is 0 Å². The third-order valence-electron chi connectivity index (χ3n) is 4.72. The minimum absolute atomic E-state index is 0.0274. The Balaban J connectivity index is 1.71. The number of rotatable bonds is 7. The predicted molar refractivity (Wildman–Crippen MR) is 114 cm³/mol. The van der Waals surface area contributed by atoms with Gasteiger partial charge >= 0.3 is 0 Å². The number of hydrogen-bond donors (Lipinski definition) is 0. The zero-order valence-electron chi connectivity index (χ0n) is 16.7. The van der Waals surface area contributed by atoms with E-state index < -0.39 is 11.6 Å². The van der Waals surface area contributed by atoms with E-state index in [1.165, 1.54) is 17.0 Å². The fourth-order valence-electron chi connectivity index (χ4n) is 3.21. The quantitative estimate of drug-likeness (QED) is 0.527. The topological polar surface area (TPSA) is 41.9 Å². The third kappa shape index (κ3) is 5.70. The van der Waals surface area contributed by atoms with Gasteiger partial charge in [-0.3, -0.25) is 4.79 Å². The molecule has 0 N–H and O–H groups in total. The summed E-state index contributed by atoms with van der Waals surface area (Å²) in [5.41, 5.74) is 1.73. The van der Waals surface area contributed by atoms with Crippen molar-refractivity contribution >= 4 is 34.8 Å². The van der Waals surface area contributed by atoms with Crippen molar-refractivity contribution in [1.29, 1.82) is 0 Å². The molecule has 3 rings (SSSR count). The zero-order valence-corrected chi connectivity index (χ0v) is 18.2. The molecule has 0 spiro atoms. The van der Waals surface area contributed by atoms with E-state index in [1.54, 1.807) is 18.2 Å². The van der Waals surface area contributed by atoms with Crippen LogP contribution in [0.15, 0.2) is 41.6 Å². The minimum Gasteiger partial charge on any atom is -0.390 e. The van der Waals surface area contributed by atoms with E-state index in [0.29, 0.717) is 28.6 Å². The average molecular weight is 455 g/mol. The van der Waals surface area contributed by atoms with Gasteiger partial charge in [-0.05, 0) is 24.1 Å². The molecule has 0 radical (unpaired) electrons. The maximum Gasteiger partial charge on any atom is 0.223 e. The molecular weight excluding hydrogens is 433 g/mol. The second-order valence-corrected chi connectivity index (χ2v) is 8.52. The van der Waals surface area contributed by atoms with E-state index in [4.69, 9.17) is 28.0 Å². The van der Waals surface area contributed by atoms with Crippen molar-refractivity contribution in [3.05, 3.63) is 69.2 Å². The Morgan fingerprint density at radius 1 is 1.20 bits per heavy atom. The molecule has 1 atom stereocenters. The number of oxime groups is 1. The summed E-state index contributed by atoms with van der Waals surface area (Å²) in [6, 6.07) is 8.55. The molecule has 1 aliphatic rings. The van der Waals surface area contributed by atoms with Crippen LogP contribution in [0.5, 0.6) is 0 Å². The summed E-state index contributed by atoms with van der Waals surface area (Å²) in [6.45, 7) is 4.13. The largest absolute Gasteiger partial charge is 0.390 e. The van der Waals surface area contributed by atoms with Crippen LogP contribution in [-0.4, -0.2) is 29.2 Å². The van der Waals surface area contributed by atoms with Crippen molar-refractivity contribution in [2.24, 2.45) is 11.1 Å². The van der Waals surface area contributed by atoms with Gasteiger partial charge in [-0.1, -0.05) is 54.3 Å². The summed E-state index contributed by atoms with van der Waals surface area (Å²) in [5.74, 6) is -1.32. The average Bonchev–Trinajstić information content (AvgIpc) is 3.13. The normalized spacial score (nSPS) is 15.8. The highest BCUT2D eigenvalue weighted by molar-refractivity contribution is 6.42. The first-order chi connectivity index (χ1) is 14.2. The number of benzene rings is 2. The van der Waals surface area contributed by atoms with Crippen LogP contribution in [0.1, 0.15) is 37.8 Å². The Morgan fingerprint density at radius 2 is 1.97 bits per heavy atom. The highest BCUT2D eigenvalue weighted by atomic mass is 35.5. The number of carbonyl (C=O) groups excluding carboxylic acids is 1. The van der Waals surface area contributed by atoms with Gasteiger partial charge in [0.05, 0.1) is 22.3 Å². The second kappa shape index (κ2) is 9.75. The summed E-state index contributed by atoms with van der Waals surface area (Å²) in [7, 11) is 0. The summed E-state index contributed by atoms with van der Waals surface area (Å²) in [4.78, 5) is 19.8. The Bertz CT molecular complexity index is 966. The molecule has 0 aromatic heterocycles. The molecule has 30 heavy (non-hydrogen) atoms. The van der Waals surface area contributed by atoms with E-state index in [1.807, 2.05) is 13.8 Å². The van der Waals surface area contributed by atoms with Crippen LogP contribution in [0.25, 0.3) is 0 Å². The molecule has 2 aromatic carbocycles. The molecule has 160 valence electrons. The second-order valence-electron chi connectivity index (χ2n) is 7.71. The maximum atomic E-state index is 14.1. The highest BCUT2D eigenvalue weighted by Crippen LogP contribution is 2.26. The molecule has 0 unspecified atom stereocenters. The molecule has 0 aliphatic carbocycles. The van der Waals surface area contributed by atoms with Crippen LogP contribution in [0.3, 0.4) is 0 Å². The molecule has 1 heterocycles. The fourth-order valence-corrected chi connectivity index (χ4v) is 3.50. The van der Waals surface area contributed by atoms with Crippen molar-refractivity contribution in [3.8, 4) is 0 Å². The lowest BCUT2D eigenvalue weighted by Crippen LogP contribution is -2.38. The molecular formula is C22H22Cl2F2N2O2. The lowest BCUT2D eigenvalue weighted by molar-refractivity contribution is -0.134. The summed E-state index contributed by atoms with van der Waals surface area (Å²) >= 11 is 12.0. The van der Waals surface area contributed by atoms with Crippen molar-refractivity contribution in [3.63, 3.8) is 0 Å². The third-order valence-corrected chi connectivity index (χ3v) is 5.46. The number of nitrogens with zero attached hydrogens (tertiary/aromatic N) is 2. The van der Waals surface area contributed by atoms with Gasteiger partial charge in [0.15, 0.2) is 6.10 Å². The van der Waals surface area contributed by atoms with Crippen LogP contribution in [0, 0.1) is 17.6 Å². The maximum absolute atomic E-state index is 14.1. The smallest absolute Gasteiger partial charge is 0.223 e. The minimum atomic E-state index is -0.683. The molecule has 1 aliphatic heterocycles. The van der Waals surface area contributed by atoms with E-state index in [-0.39, 0.29) is 36.6 Å². The Labute approximate surface area is 184 Å². The molecule has 0 saturated carbocycles. The Hall–Kier alpha value is -2.18. The molecule has 0 fully saturated rings. The fraction of sp³-hybridized carbons (Fsp3) is 0.364. The standard InChI is InChI=1S/C22H22Cl2F2N2O2/c1-13(2)7-22(29)28(11-15-3-5-16(25)9-20(15)26)12-17-10-21(27-30-17)14-4-6-18(23)19(24)8-14/h3-6,8-9,13,17H,7,10-12H2,1-2H3/t17-/m0/s1. The van der Waals surface area contributed by atoms with Gasteiger partial charge in [-0.25, -0.2) is 8.78 Å². The van der Waals surface area contributed by atoms with Crippen molar-refractivity contribution < 1.29 is 18.4 Å². The van der Waals surface area contributed by atoms with Crippen molar-refractivity contribution in [2.45, 2.75) is 39.3 Å². The summed E-state index contributed by atoms with van der Waals surface area (Å²) in [6.07, 6.45) is 0.403. The van der Waals surface area contributed by atoms with Crippen molar-refractivity contribution in [1.82, 2.24) is 4.90 Å². The lowest BCUT2D eigenvalue weighted by Gasteiger charge is -2.26. The van der Waals surface area contributed by atoms with Crippen LogP contribution in [0.2, 0.25) is 10.0 Å². The Kier molecular flexibility index (Phi) is 7.32. The van der Waals surface area contributed by atoms with Gasteiger partial charge in [0, 0.05) is 36.6 Å². The van der Waals surface area contributed by atoms with Gasteiger partial charge in [-0.2, -0.15) is 0 Å². The first kappa shape index (κ1) is 22.5. The van der Waals surface area contributed by atoms with Crippen LogP contribution < -0.4 is 0 Å². The molecule has 0 saturated heterocycles. The SMILES string of the molecule is CC(C)CC(=O)N(Cc1ccc(F)cc1F)C[C@@H]1CC(c2ccc(Cl)c(Cl)c2)=NO1. The van der Waals surface area contributed by atoms with Gasteiger partial charge in [-0.15, -0.1) is 0 Å². The van der Waals surface area contributed by atoms with E-state index >= 15 is 0 Å². The number of carbonyl (C=O) groups is 1. The van der Waals surface area contributed by atoms with E-state index in [9.17, 15) is 13.6 Å².